The van der Waals surface area contributed by atoms with Crippen molar-refractivity contribution in [2.45, 2.75) is 45.8 Å². The van der Waals surface area contributed by atoms with E-state index < -0.39 is 27.6 Å². The van der Waals surface area contributed by atoms with Crippen molar-refractivity contribution in [2.24, 2.45) is 5.41 Å². The van der Waals surface area contributed by atoms with Crippen LogP contribution < -0.4 is 10.6 Å². The molecule has 0 bridgehead atoms. The summed E-state index contributed by atoms with van der Waals surface area (Å²) in [6.45, 7) is 6.38. The third kappa shape index (κ3) is 9.78. The van der Waals surface area contributed by atoms with Gasteiger partial charge in [0.05, 0.1) is 31.7 Å². The molecule has 1 amide bonds. The van der Waals surface area contributed by atoms with Crippen molar-refractivity contribution in [3.05, 3.63) is 0 Å². The second-order valence-corrected chi connectivity index (χ2v) is 9.16. The van der Waals surface area contributed by atoms with Crippen LogP contribution in [0, 0.1) is 5.41 Å². The Bertz CT molecular complexity index is 602. The molecule has 0 aromatic carbocycles. The van der Waals surface area contributed by atoms with Gasteiger partial charge in [0.25, 0.3) is 10.1 Å². The van der Waals surface area contributed by atoms with Gasteiger partial charge in [0.2, 0.25) is 5.91 Å². The van der Waals surface area contributed by atoms with Gasteiger partial charge in [-0.1, -0.05) is 13.8 Å². The van der Waals surface area contributed by atoms with Gasteiger partial charge in [0.15, 0.2) is 6.10 Å². The lowest BCUT2D eigenvalue weighted by Gasteiger charge is -2.28. The molecule has 0 aromatic heterocycles. The van der Waals surface area contributed by atoms with E-state index in [2.05, 4.69) is 10.6 Å². The zero-order chi connectivity index (χ0) is 21.2. The van der Waals surface area contributed by atoms with Crippen molar-refractivity contribution in [1.29, 1.82) is 0 Å². The molecular weight excluding hydrogens is 392 g/mol. The molecule has 0 aromatic rings. The number of hydrogen-bond acceptors (Lipinski definition) is 9. The topological polar surface area (TPSA) is 140 Å². The maximum absolute atomic E-state index is 12.1. The number of aliphatic hydroxyl groups excluding tert-OH is 1. The lowest BCUT2D eigenvalue weighted by atomic mass is 9.88. The van der Waals surface area contributed by atoms with Crippen molar-refractivity contribution in [3.63, 3.8) is 0 Å². The van der Waals surface area contributed by atoms with E-state index in [1.807, 2.05) is 0 Å². The minimum absolute atomic E-state index is 0.0438. The smallest absolute Gasteiger partial charge is 0.335 e. The van der Waals surface area contributed by atoms with Crippen LogP contribution in [0.5, 0.6) is 0 Å². The zero-order valence-corrected chi connectivity index (χ0v) is 17.5. The second kappa shape index (κ2) is 11.7. The van der Waals surface area contributed by atoms with Crippen LogP contribution in [0.2, 0.25) is 0 Å². The molecule has 1 fully saturated rings. The number of amides is 1. The predicted octanol–water partition coefficient (Wildman–Crippen LogP) is -0.832. The monoisotopic (exact) mass is 424 g/mol. The lowest BCUT2D eigenvalue weighted by Crippen LogP contribution is -2.42. The number of carbonyl (C=O) groups is 2. The van der Waals surface area contributed by atoms with E-state index in [4.69, 9.17) is 13.7 Å². The molecule has 0 spiro atoms. The van der Waals surface area contributed by atoms with Gasteiger partial charge in [0.1, 0.15) is 0 Å². The van der Waals surface area contributed by atoms with Gasteiger partial charge in [-0.05, 0) is 6.42 Å². The standard InChI is InChI=1S/C17H32N2O8S/c1-13(20)19-6-4-10-28(23,24)27-12-17(2,3)15(21)16(22)26-8-5-14-11-18-7-9-25-14/h14-15,18,21H,4-12H2,1-3H3,(H,19,20)/t14?,15-/m0/s1. The summed E-state index contributed by atoms with van der Waals surface area (Å²) in [7, 11) is -3.84. The van der Waals surface area contributed by atoms with E-state index in [0.29, 0.717) is 19.6 Å². The quantitative estimate of drug-likeness (QED) is 0.208. The fourth-order valence-corrected chi connectivity index (χ4v) is 3.49. The largest absolute Gasteiger partial charge is 0.464 e. The number of nitrogens with one attached hydrogen (secondary N) is 2. The Morgan fingerprint density at radius 2 is 2.11 bits per heavy atom. The first kappa shape index (κ1) is 24.8. The number of morpholine rings is 1. The SMILES string of the molecule is CC(=O)NCCCS(=O)(=O)OCC(C)(C)[C@@H](O)C(=O)OCCC1CNCCO1. The minimum atomic E-state index is -3.84. The molecular formula is C17H32N2O8S. The Hall–Kier alpha value is -1.27. The van der Waals surface area contributed by atoms with Gasteiger partial charge >= 0.3 is 5.97 Å². The van der Waals surface area contributed by atoms with Gasteiger partial charge in [-0.2, -0.15) is 8.42 Å². The highest BCUT2D eigenvalue weighted by Gasteiger charge is 2.36. The molecule has 3 N–H and O–H groups in total. The van der Waals surface area contributed by atoms with Crippen molar-refractivity contribution < 1.29 is 36.8 Å². The Labute approximate surface area is 166 Å². The van der Waals surface area contributed by atoms with Crippen molar-refractivity contribution >= 4 is 22.0 Å². The van der Waals surface area contributed by atoms with Crippen LogP contribution >= 0.6 is 0 Å². The van der Waals surface area contributed by atoms with Gasteiger partial charge in [-0.25, -0.2) is 4.79 Å². The molecule has 1 aliphatic heterocycles. The van der Waals surface area contributed by atoms with Gasteiger partial charge < -0.3 is 25.2 Å². The van der Waals surface area contributed by atoms with Crippen LogP contribution in [-0.4, -0.2) is 82.8 Å². The molecule has 11 heteroatoms. The minimum Gasteiger partial charge on any atom is -0.464 e. The Morgan fingerprint density at radius 1 is 1.39 bits per heavy atom. The summed E-state index contributed by atoms with van der Waals surface area (Å²) in [6.07, 6.45) is -0.874. The third-order valence-corrected chi connectivity index (χ3v) is 5.47. The van der Waals surface area contributed by atoms with Gasteiger partial charge in [-0.15, -0.1) is 0 Å². The number of rotatable bonds is 12. The van der Waals surface area contributed by atoms with Crippen molar-refractivity contribution in [1.82, 2.24) is 10.6 Å². The van der Waals surface area contributed by atoms with Crippen LogP contribution in [0.25, 0.3) is 0 Å². The first-order valence-electron chi connectivity index (χ1n) is 9.32. The maximum Gasteiger partial charge on any atom is 0.335 e. The molecule has 0 radical (unpaired) electrons. The zero-order valence-electron chi connectivity index (χ0n) is 16.7. The van der Waals surface area contributed by atoms with E-state index in [1.54, 1.807) is 0 Å². The van der Waals surface area contributed by atoms with E-state index in [9.17, 15) is 23.1 Å². The van der Waals surface area contributed by atoms with Gasteiger partial charge in [-0.3, -0.25) is 8.98 Å². The highest BCUT2D eigenvalue weighted by atomic mass is 32.2. The summed E-state index contributed by atoms with van der Waals surface area (Å²) < 4.78 is 39.3. The van der Waals surface area contributed by atoms with Crippen LogP contribution in [0.3, 0.4) is 0 Å². The highest BCUT2D eigenvalue weighted by Crippen LogP contribution is 2.23. The summed E-state index contributed by atoms with van der Waals surface area (Å²) >= 11 is 0. The van der Waals surface area contributed by atoms with Crippen LogP contribution in [0.1, 0.15) is 33.6 Å². The fraction of sp³-hybridized carbons (Fsp3) is 0.882. The molecule has 0 saturated carbocycles. The fourth-order valence-electron chi connectivity index (χ4n) is 2.39. The molecule has 1 aliphatic rings. The van der Waals surface area contributed by atoms with Crippen LogP contribution in [-0.2, 0) is 33.4 Å². The Balaban J connectivity index is 2.35. The average Bonchev–Trinajstić information content (AvgIpc) is 2.64. The van der Waals surface area contributed by atoms with E-state index in [0.717, 1.165) is 6.54 Å². The first-order valence-corrected chi connectivity index (χ1v) is 10.9. The van der Waals surface area contributed by atoms with E-state index in [1.165, 1.54) is 20.8 Å². The molecule has 164 valence electrons. The normalized spacial score (nSPS) is 19.1. The molecule has 10 nitrogen and oxygen atoms in total. The second-order valence-electron chi connectivity index (χ2n) is 7.40. The molecule has 1 rings (SSSR count). The number of esters is 1. The summed E-state index contributed by atoms with van der Waals surface area (Å²) in [5.41, 5.74) is -1.16. The summed E-state index contributed by atoms with van der Waals surface area (Å²) in [5.74, 6) is -1.35. The van der Waals surface area contributed by atoms with Crippen molar-refractivity contribution in [3.8, 4) is 0 Å². The number of carbonyl (C=O) groups excluding carboxylic acids is 2. The Morgan fingerprint density at radius 3 is 2.71 bits per heavy atom. The van der Waals surface area contributed by atoms with E-state index >= 15 is 0 Å². The molecule has 0 aliphatic carbocycles. The summed E-state index contributed by atoms with van der Waals surface area (Å²) in [6, 6.07) is 0. The first-order chi connectivity index (χ1) is 13.0. The van der Waals surface area contributed by atoms with Crippen LogP contribution in [0.15, 0.2) is 0 Å². The number of hydrogen-bond donors (Lipinski definition) is 3. The molecule has 1 heterocycles. The number of ether oxygens (including phenoxy) is 2. The summed E-state index contributed by atoms with van der Waals surface area (Å²) in [4.78, 5) is 22.8. The number of aliphatic hydroxyl groups is 1. The van der Waals surface area contributed by atoms with Crippen LogP contribution in [0.4, 0.5) is 0 Å². The third-order valence-electron chi connectivity index (χ3n) is 4.21. The molecule has 28 heavy (non-hydrogen) atoms. The molecule has 1 unspecified atom stereocenters. The lowest BCUT2D eigenvalue weighted by molar-refractivity contribution is -0.162. The van der Waals surface area contributed by atoms with Crippen molar-refractivity contribution in [2.75, 3.05) is 45.2 Å². The predicted molar refractivity (Wildman–Crippen MR) is 101 cm³/mol. The molecule has 1 saturated heterocycles. The maximum atomic E-state index is 12.1. The van der Waals surface area contributed by atoms with E-state index in [-0.39, 0.29) is 43.9 Å². The Kier molecular flexibility index (Phi) is 10.3. The summed E-state index contributed by atoms with van der Waals surface area (Å²) in [5, 5.41) is 15.9. The van der Waals surface area contributed by atoms with Gasteiger partial charge in [0, 0.05) is 38.4 Å². The molecule has 2 atom stereocenters. The average molecular weight is 425 g/mol. The highest BCUT2D eigenvalue weighted by molar-refractivity contribution is 7.86.